The summed E-state index contributed by atoms with van der Waals surface area (Å²) in [5.74, 6) is 0.127. The lowest BCUT2D eigenvalue weighted by molar-refractivity contribution is 0.102. The number of aromatic nitrogens is 1. The molecule has 0 N–H and O–H groups in total. The second-order valence-electron chi connectivity index (χ2n) is 4.33. The maximum atomic E-state index is 11.1. The highest BCUT2D eigenvalue weighted by Crippen LogP contribution is 2.15. The third-order valence-electron chi connectivity index (χ3n) is 2.99. The fourth-order valence-electron chi connectivity index (χ4n) is 2.03. The van der Waals surface area contributed by atoms with E-state index in [1.54, 1.807) is 24.5 Å². The van der Waals surface area contributed by atoms with E-state index in [4.69, 9.17) is 0 Å². The fourth-order valence-corrected chi connectivity index (χ4v) is 2.83. The van der Waals surface area contributed by atoms with Crippen LogP contribution in [0, 0.1) is 0 Å². The van der Waals surface area contributed by atoms with Gasteiger partial charge >= 0.3 is 0 Å². The van der Waals surface area contributed by atoms with Crippen molar-refractivity contribution in [1.29, 1.82) is 0 Å². The van der Waals surface area contributed by atoms with Crippen LogP contribution >= 0.6 is 11.3 Å². The number of ketones is 1. The molecule has 1 saturated heterocycles. The van der Waals surface area contributed by atoms with Crippen LogP contribution in [-0.4, -0.2) is 35.3 Å². The highest BCUT2D eigenvalue weighted by atomic mass is 32.1. The lowest BCUT2D eigenvalue weighted by Crippen LogP contribution is -2.31. The molecule has 16 heavy (non-hydrogen) atoms. The molecule has 0 saturated carbocycles. The van der Waals surface area contributed by atoms with Gasteiger partial charge in [-0.05, 0) is 25.9 Å². The number of piperidine rings is 1. The Hall–Kier alpha value is -0.740. The molecule has 0 radical (unpaired) electrons. The molecule has 1 fully saturated rings. The van der Waals surface area contributed by atoms with Crippen molar-refractivity contribution < 1.29 is 4.79 Å². The van der Waals surface area contributed by atoms with Crippen LogP contribution in [0.25, 0.3) is 0 Å². The van der Waals surface area contributed by atoms with Crippen LogP contribution in [0.1, 0.15) is 40.9 Å². The van der Waals surface area contributed by atoms with E-state index < -0.39 is 0 Å². The molecule has 0 amide bonds. The summed E-state index contributed by atoms with van der Waals surface area (Å²) in [4.78, 5) is 18.7. The van der Waals surface area contributed by atoms with Gasteiger partial charge in [0.05, 0.1) is 9.88 Å². The molecule has 4 heteroatoms. The zero-order chi connectivity index (χ0) is 11.4. The maximum absolute atomic E-state index is 11.1. The lowest BCUT2D eigenvalue weighted by atomic mass is 10.1. The number of hydrogen-bond acceptors (Lipinski definition) is 4. The van der Waals surface area contributed by atoms with Crippen LogP contribution in [0.3, 0.4) is 0 Å². The number of likely N-dealkylation sites (tertiary alicyclic amines) is 1. The number of carbonyl (C=O) groups is 1. The zero-order valence-electron chi connectivity index (χ0n) is 9.74. The van der Waals surface area contributed by atoms with Gasteiger partial charge < -0.3 is 4.90 Å². The molecule has 3 nitrogen and oxygen atoms in total. The topological polar surface area (TPSA) is 33.2 Å². The van der Waals surface area contributed by atoms with Gasteiger partial charge in [-0.2, -0.15) is 0 Å². The summed E-state index contributed by atoms with van der Waals surface area (Å²) >= 11 is 1.54. The van der Waals surface area contributed by atoms with E-state index in [9.17, 15) is 4.79 Å². The quantitative estimate of drug-likeness (QED) is 0.755. The molecule has 2 rings (SSSR count). The van der Waals surface area contributed by atoms with Crippen molar-refractivity contribution in [1.82, 2.24) is 9.88 Å². The molecule has 0 aliphatic carbocycles. The summed E-state index contributed by atoms with van der Waals surface area (Å²) in [6.45, 7) is 5.14. The molecule has 0 atom stereocenters. The summed E-state index contributed by atoms with van der Waals surface area (Å²) in [5.41, 5.74) is 0. The summed E-state index contributed by atoms with van der Waals surface area (Å²) < 4.78 is 0. The summed E-state index contributed by atoms with van der Waals surface area (Å²) in [7, 11) is 0. The molecular weight excluding hydrogens is 220 g/mol. The Morgan fingerprint density at radius 2 is 2.19 bits per heavy atom. The van der Waals surface area contributed by atoms with E-state index in [-0.39, 0.29) is 5.78 Å². The predicted octanol–water partition coefficient (Wildman–Crippen LogP) is 2.37. The monoisotopic (exact) mass is 238 g/mol. The van der Waals surface area contributed by atoms with E-state index in [2.05, 4.69) is 9.88 Å². The molecule has 0 bridgehead atoms. The van der Waals surface area contributed by atoms with Crippen molar-refractivity contribution in [3.63, 3.8) is 0 Å². The van der Waals surface area contributed by atoms with Gasteiger partial charge in [0.15, 0.2) is 5.78 Å². The molecule has 88 valence electrons. The average Bonchev–Trinajstić information content (AvgIpc) is 2.76. The average molecular weight is 238 g/mol. The Labute approximate surface area is 100 Å². The Bertz CT molecular complexity index is 356. The van der Waals surface area contributed by atoms with Crippen molar-refractivity contribution in [2.45, 2.75) is 32.6 Å². The minimum absolute atomic E-state index is 0.127. The summed E-state index contributed by atoms with van der Waals surface area (Å²) in [6, 6.07) is 0. The zero-order valence-corrected chi connectivity index (χ0v) is 10.6. The number of thiazole rings is 1. The largest absolute Gasteiger partial charge is 0.303 e. The highest BCUT2D eigenvalue weighted by Gasteiger charge is 2.11. The van der Waals surface area contributed by atoms with Crippen LogP contribution in [0.2, 0.25) is 0 Å². The summed E-state index contributed by atoms with van der Waals surface area (Å²) in [6.07, 6.45) is 6.73. The molecular formula is C12H18N2OS. The van der Waals surface area contributed by atoms with Gasteiger partial charge in [0, 0.05) is 26.1 Å². The number of hydrogen-bond donors (Lipinski definition) is 0. The minimum atomic E-state index is 0.127. The second kappa shape index (κ2) is 5.55. The Balaban J connectivity index is 1.81. The number of Topliss-reactive ketones (excluding diaryl/α,β-unsaturated/α-hetero) is 1. The van der Waals surface area contributed by atoms with Gasteiger partial charge in [-0.25, -0.2) is 4.98 Å². The van der Waals surface area contributed by atoms with Gasteiger partial charge in [0.1, 0.15) is 0 Å². The molecule has 1 aliphatic rings. The van der Waals surface area contributed by atoms with Gasteiger partial charge in [0.25, 0.3) is 0 Å². The molecule has 1 aromatic heterocycles. The Morgan fingerprint density at radius 1 is 1.44 bits per heavy atom. The SMILES string of the molecule is CC(=O)c1cnc(CCN2CCCCC2)s1. The highest BCUT2D eigenvalue weighted by molar-refractivity contribution is 7.13. The van der Waals surface area contributed by atoms with E-state index in [0.717, 1.165) is 22.9 Å². The standard InChI is InChI=1S/C12H18N2OS/c1-10(15)11-9-13-12(16-11)5-8-14-6-3-2-4-7-14/h9H,2-8H2,1H3. The van der Waals surface area contributed by atoms with Crippen molar-refractivity contribution in [3.05, 3.63) is 16.1 Å². The lowest BCUT2D eigenvalue weighted by Gasteiger charge is -2.25. The first-order valence-corrected chi connectivity index (χ1v) is 6.75. The third kappa shape index (κ3) is 3.12. The van der Waals surface area contributed by atoms with Gasteiger partial charge in [-0.1, -0.05) is 6.42 Å². The number of nitrogens with zero attached hydrogens (tertiary/aromatic N) is 2. The van der Waals surface area contributed by atoms with Crippen LogP contribution < -0.4 is 0 Å². The van der Waals surface area contributed by atoms with E-state index in [1.807, 2.05) is 0 Å². The molecule has 0 spiro atoms. The van der Waals surface area contributed by atoms with Crippen molar-refractivity contribution in [3.8, 4) is 0 Å². The van der Waals surface area contributed by atoms with Gasteiger partial charge in [-0.15, -0.1) is 11.3 Å². The van der Waals surface area contributed by atoms with E-state index in [1.165, 1.54) is 32.4 Å². The van der Waals surface area contributed by atoms with E-state index in [0.29, 0.717) is 0 Å². The second-order valence-corrected chi connectivity index (χ2v) is 5.44. The maximum Gasteiger partial charge on any atom is 0.171 e. The Morgan fingerprint density at radius 3 is 2.81 bits per heavy atom. The van der Waals surface area contributed by atoms with Crippen molar-refractivity contribution in [2.75, 3.05) is 19.6 Å². The minimum Gasteiger partial charge on any atom is -0.303 e. The first kappa shape index (κ1) is 11.7. The van der Waals surface area contributed by atoms with Gasteiger partial charge in [-0.3, -0.25) is 4.79 Å². The van der Waals surface area contributed by atoms with Crippen LogP contribution in [0.15, 0.2) is 6.20 Å². The number of rotatable bonds is 4. The van der Waals surface area contributed by atoms with Crippen molar-refractivity contribution >= 4 is 17.1 Å². The van der Waals surface area contributed by atoms with Crippen LogP contribution in [0.5, 0.6) is 0 Å². The summed E-state index contributed by atoms with van der Waals surface area (Å²) in [5, 5.41) is 1.09. The van der Waals surface area contributed by atoms with Gasteiger partial charge in [0.2, 0.25) is 0 Å². The normalized spacial score (nSPS) is 17.6. The molecule has 0 unspecified atom stereocenters. The predicted molar refractivity (Wildman–Crippen MR) is 66.1 cm³/mol. The molecule has 1 aliphatic heterocycles. The number of carbonyl (C=O) groups excluding carboxylic acids is 1. The molecule has 1 aromatic rings. The fraction of sp³-hybridized carbons (Fsp3) is 0.667. The molecule has 2 heterocycles. The van der Waals surface area contributed by atoms with E-state index >= 15 is 0 Å². The van der Waals surface area contributed by atoms with Crippen molar-refractivity contribution in [2.24, 2.45) is 0 Å². The first-order valence-electron chi connectivity index (χ1n) is 5.94. The first-order chi connectivity index (χ1) is 7.75. The smallest absolute Gasteiger partial charge is 0.171 e. The van der Waals surface area contributed by atoms with Crippen LogP contribution in [0.4, 0.5) is 0 Å². The Kier molecular flexibility index (Phi) is 4.07. The van der Waals surface area contributed by atoms with Crippen LogP contribution in [-0.2, 0) is 6.42 Å². The molecule has 0 aromatic carbocycles. The third-order valence-corrected chi connectivity index (χ3v) is 4.15.